The van der Waals surface area contributed by atoms with Crippen molar-refractivity contribution in [2.45, 2.75) is 52.7 Å². The van der Waals surface area contributed by atoms with Crippen LogP contribution in [0.1, 0.15) is 63.8 Å². The van der Waals surface area contributed by atoms with Crippen molar-refractivity contribution in [1.82, 2.24) is 9.97 Å². The molecule has 0 saturated carbocycles. The second-order valence-electron chi connectivity index (χ2n) is 11.2. The standard InChI is InChI=1S/C34H36N2O2/c1-33(2,3)37-29-15-11-25(12-16-29)7-9-27-19-21-35-31(23-27)32-24-28(20-22-36-32)10-8-26-13-17-30(18-14-26)38-34(4,5)6/h7-24H,1-6H3/b9-7+,10-8+. The zero-order chi connectivity index (χ0) is 27.2. The average molecular weight is 505 g/mol. The Morgan fingerprint density at radius 1 is 0.474 bits per heavy atom. The van der Waals surface area contributed by atoms with Crippen LogP contribution < -0.4 is 9.47 Å². The van der Waals surface area contributed by atoms with Gasteiger partial charge in [-0.25, -0.2) is 0 Å². The van der Waals surface area contributed by atoms with E-state index in [0.717, 1.165) is 45.1 Å². The third kappa shape index (κ3) is 8.45. The summed E-state index contributed by atoms with van der Waals surface area (Å²) in [6.45, 7) is 12.3. The first kappa shape index (κ1) is 26.9. The lowest BCUT2D eigenvalue weighted by molar-refractivity contribution is 0.130. The smallest absolute Gasteiger partial charge is 0.120 e. The Morgan fingerprint density at radius 2 is 0.816 bits per heavy atom. The highest BCUT2D eigenvalue weighted by molar-refractivity contribution is 5.74. The Morgan fingerprint density at radius 3 is 1.16 bits per heavy atom. The van der Waals surface area contributed by atoms with Crippen LogP contribution in [-0.4, -0.2) is 21.2 Å². The number of hydrogen-bond acceptors (Lipinski definition) is 4. The summed E-state index contributed by atoms with van der Waals surface area (Å²) in [7, 11) is 0. The molecule has 4 rings (SSSR count). The zero-order valence-electron chi connectivity index (χ0n) is 23.1. The summed E-state index contributed by atoms with van der Waals surface area (Å²) in [5.74, 6) is 1.74. The van der Waals surface area contributed by atoms with Gasteiger partial charge in [-0.3, -0.25) is 9.97 Å². The van der Waals surface area contributed by atoms with Gasteiger partial charge >= 0.3 is 0 Å². The first-order valence-corrected chi connectivity index (χ1v) is 12.9. The van der Waals surface area contributed by atoms with E-state index in [1.54, 1.807) is 0 Å². The molecule has 2 heterocycles. The molecule has 0 saturated heterocycles. The molecule has 0 unspecified atom stereocenters. The number of pyridine rings is 2. The van der Waals surface area contributed by atoms with Gasteiger partial charge in [-0.15, -0.1) is 0 Å². The van der Waals surface area contributed by atoms with E-state index in [2.05, 4.69) is 70.7 Å². The molecule has 194 valence electrons. The van der Waals surface area contributed by atoms with E-state index >= 15 is 0 Å². The maximum Gasteiger partial charge on any atom is 0.120 e. The van der Waals surface area contributed by atoms with Crippen LogP contribution in [0.2, 0.25) is 0 Å². The van der Waals surface area contributed by atoms with Crippen LogP contribution in [-0.2, 0) is 0 Å². The van der Waals surface area contributed by atoms with Crippen LogP contribution in [0.4, 0.5) is 0 Å². The zero-order valence-corrected chi connectivity index (χ0v) is 23.1. The van der Waals surface area contributed by atoms with Crippen molar-refractivity contribution in [1.29, 1.82) is 0 Å². The van der Waals surface area contributed by atoms with E-state index in [9.17, 15) is 0 Å². The molecule has 4 aromatic rings. The summed E-state index contributed by atoms with van der Waals surface area (Å²) in [5, 5.41) is 0. The monoisotopic (exact) mass is 504 g/mol. The molecule has 0 aliphatic rings. The highest BCUT2D eigenvalue weighted by Gasteiger charge is 2.12. The highest BCUT2D eigenvalue weighted by Crippen LogP contribution is 2.23. The first-order chi connectivity index (χ1) is 18.0. The third-order valence-electron chi connectivity index (χ3n) is 5.38. The Bertz CT molecular complexity index is 1290. The van der Waals surface area contributed by atoms with Gasteiger partial charge in [0.25, 0.3) is 0 Å². The molecule has 0 radical (unpaired) electrons. The minimum atomic E-state index is -0.209. The van der Waals surface area contributed by atoms with Gasteiger partial charge in [0, 0.05) is 12.4 Å². The summed E-state index contributed by atoms with van der Waals surface area (Å²) in [6, 6.07) is 24.3. The van der Waals surface area contributed by atoms with Gasteiger partial charge in [0.15, 0.2) is 0 Å². The lowest BCUT2D eigenvalue weighted by atomic mass is 10.1. The molecule has 0 bridgehead atoms. The van der Waals surface area contributed by atoms with Crippen molar-refractivity contribution >= 4 is 24.3 Å². The van der Waals surface area contributed by atoms with Crippen LogP contribution in [0.3, 0.4) is 0 Å². The van der Waals surface area contributed by atoms with Crippen molar-refractivity contribution in [2.24, 2.45) is 0 Å². The van der Waals surface area contributed by atoms with Gasteiger partial charge < -0.3 is 9.47 Å². The van der Waals surface area contributed by atoms with Crippen LogP contribution in [0.15, 0.2) is 85.2 Å². The number of hydrogen-bond donors (Lipinski definition) is 0. The number of benzene rings is 2. The molecular formula is C34H36N2O2. The van der Waals surface area contributed by atoms with E-state index in [1.165, 1.54) is 0 Å². The largest absolute Gasteiger partial charge is 0.488 e. The molecule has 0 aliphatic carbocycles. The summed E-state index contributed by atoms with van der Waals surface area (Å²) < 4.78 is 11.8. The van der Waals surface area contributed by atoms with Crippen molar-refractivity contribution in [3.63, 3.8) is 0 Å². The molecule has 0 spiro atoms. The summed E-state index contributed by atoms with van der Waals surface area (Å²) in [4.78, 5) is 9.12. The van der Waals surface area contributed by atoms with Crippen LogP contribution in [0.25, 0.3) is 35.7 Å². The summed E-state index contributed by atoms with van der Waals surface area (Å²) in [6.07, 6.45) is 12.0. The Labute approximate surface area is 226 Å². The fraction of sp³-hybridized carbons (Fsp3) is 0.235. The van der Waals surface area contributed by atoms with Gasteiger partial charge in [0.1, 0.15) is 22.7 Å². The van der Waals surface area contributed by atoms with E-state index in [1.807, 2.05) is 90.3 Å². The topological polar surface area (TPSA) is 44.2 Å². The Hall–Kier alpha value is -4.18. The lowest BCUT2D eigenvalue weighted by Gasteiger charge is -2.21. The molecule has 0 aliphatic heterocycles. The number of rotatable bonds is 7. The van der Waals surface area contributed by atoms with Gasteiger partial charge in [-0.2, -0.15) is 0 Å². The lowest BCUT2D eigenvalue weighted by Crippen LogP contribution is -2.22. The second-order valence-corrected chi connectivity index (χ2v) is 11.2. The van der Waals surface area contributed by atoms with Gasteiger partial charge in [0.05, 0.1) is 11.4 Å². The molecule has 38 heavy (non-hydrogen) atoms. The van der Waals surface area contributed by atoms with Gasteiger partial charge in [-0.1, -0.05) is 48.6 Å². The van der Waals surface area contributed by atoms with Crippen molar-refractivity contribution in [3.05, 3.63) is 107 Å². The number of aromatic nitrogens is 2. The maximum atomic E-state index is 5.91. The SMILES string of the molecule is CC(C)(C)Oc1ccc(/C=C/c2ccnc(-c3cc(/C=C/c4ccc(OC(C)(C)C)cc4)ccn3)c2)cc1. The van der Waals surface area contributed by atoms with Crippen LogP contribution in [0.5, 0.6) is 11.5 Å². The van der Waals surface area contributed by atoms with E-state index in [0.29, 0.717) is 0 Å². The minimum absolute atomic E-state index is 0.209. The molecule has 2 aromatic heterocycles. The summed E-state index contributed by atoms with van der Waals surface area (Å²) in [5.41, 5.74) is 5.58. The molecule has 2 aromatic carbocycles. The molecular weight excluding hydrogens is 468 g/mol. The molecule has 0 fully saturated rings. The number of ether oxygens (including phenoxy) is 2. The van der Waals surface area contributed by atoms with Crippen molar-refractivity contribution in [3.8, 4) is 22.9 Å². The fourth-order valence-electron chi connectivity index (χ4n) is 3.77. The second kappa shape index (κ2) is 11.5. The summed E-state index contributed by atoms with van der Waals surface area (Å²) >= 11 is 0. The predicted octanol–water partition coefficient (Wildman–Crippen LogP) is 8.84. The number of nitrogens with zero attached hydrogens (tertiary/aromatic N) is 2. The molecule has 0 N–H and O–H groups in total. The van der Waals surface area contributed by atoms with Gasteiger partial charge in [-0.05, 0) is 112 Å². The molecule has 0 atom stereocenters. The average Bonchev–Trinajstić information content (AvgIpc) is 2.86. The predicted molar refractivity (Wildman–Crippen MR) is 159 cm³/mol. The molecule has 4 nitrogen and oxygen atoms in total. The van der Waals surface area contributed by atoms with E-state index in [-0.39, 0.29) is 11.2 Å². The van der Waals surface area contributed by atoms with Crippen molar-refractivity contribution < 1.29 is 9.47 Å². The van der Waals surface area contributed by atoms with Crippen LogP contribution in [0, 0.1) is 0 Å². The molecule has 0 amide bonds. The highest BCUT2D eigenvalue weighted by atomic mass is 16.5. The van der Waals surface area contributed by atoms with Crippen molar-refractivity contribution in [2.75, 3.05) is 0 Å². The fourth-order valence-corrected chi connectivity index (χ4v) is 3.77. The van der Waals surface area contributed by atoms with Crippen LogP contribution >= 0.6 is 0 Å². The molecule has 4 heteroatoms. The Balaban J connectivity index is 1.44. The van der Waals surface area contributed by atoms with E-state index in [4.69, 9.17) is 9.47 Å². The Kier molecular flexibility index (Phi) is 8.11. The minimum Gasteiger partial charge on any atom is -0.488 e. The third-order valence-corrected chi connectivity index (χ3v) is 5.38. The van der Waals surface area contributed by atoms with E-state index < -0.39 is 0 Å². The quantitative estimate of drug-likeness (QED) is 0.252. The normalized spacial score (nSPS) is 12.3. The first-order valence-electron chi connectivity index (χ1n) is 12.9. The van der Waals surface area contributed by atoms with Gasteiger partial charge in [0.2, 0.25) is 0 Å². The maximum absolute atomic E-state index is 5.91.